The van der Waals surface area contributed by atoms with Crippen molar-refractivity contribution in [2.75, 3.05) is 33.0 Å². The summed E-state index contributed by atoms with van der Waals surface area (Å²) in [6, 6.07) is 32.0. The number of rotatable bonds is 25. The third kappa shape index (κ3) is 16.2. The molecule has 0 amide bonds. The highest BCUT2D eigenvalue weighted by atomic mass is 16.5. The van der Waals surface area contributed by atoms with E-state index in [0.29, 0.717) is 44.3 Å². The van der Waals surface area contributed by atoms with Crippen molar-refractivity contribution in [1.82, 2.24) is 0 Å². The maximum atomic E-state index is 13.0. The van der Waals surface area contributed by atoms with Gasteiger partial charge in [0.2, 0.25) is 0 Å². The summed E-state index contributed by atoms with van der Waals surface area (Å²) in [6.07, 6.45) is 11.3. The molecular formula is C53H58O9. The van der Waals surface area contributed by atoms with Gasteiger partial charge < -0.3 is 28.4 Å². The normalized spacial score (nSPS) is 10.6. The van der Waals surface area contributed by atoms with Gasteiger partial charge in [0.05, 0.1) is 38.6 Å². The van der Waals surface area contributed by atoms with Crippen molar-refractivity contribution in [3.63, 3.8) is 0 Å². The van der Waals surface area contributed by atoms with E-state index in [1.807, 2.05) is 55.5 Å². The van der Waals surface area contributed by atoms with Gasteiger partial charge in [0.1, 0.15) is 28.6 Å². The molecule has 0 saturated carbocycles. The van der Waals surface area contributed by atoms with Crippen LogP contribution in [0.4, 0.5) is 0 Å². The summed E-state index contributed by atoms with van der Waals surface area (Å²) in [5.41, 5.74) is 3.54. The average Bonchev–Trinajstić information content (AvgIpc) is 3.29. The molecule has 324 valence electrons. The zero-order chi connectivity index (χ0) is 43.8. The lowest BCUT2D eigenvalue weighted by molar-refractivity contribution is -0.137. The molecular weight excluding hydrogens is 781 g/mol. The fourth-order valence-electron chi connectivity index (χ4n) is 6.39. The molecule has 0 bridgehead atoms. The molecule has 5 aromatic carbocycles. The van der Waals surface area contributed by atoms with Gasteiger partial charge in [-0.15, -0.1) is 0 Å². The minimum absolute atomic E-state index is 0.235. The summed E-state index contributed by atoms with van der Waals surface area (Å²) in [7, 11) is 0. The second kappa shape index (κ2) is 25.9. The zero-order valence-electron chi connectivity index (χ0n) is 36.1. The third-order valence-corrected chi connectivity index (χ3v) is 9.95. The molecule has 0 aliphatic heterocycles. The minimum atomic E-state index is -0.504. The molecule has 0 N–H and O–H groups in total. The number of carbonyl (C=O) groups is 3. The van der Waals surface area contributed by atoms with Crippen LogP contribution in [0.15, 0.2) is 116 Å². The molecule has 0 atom stereocenters. The van der Waals surface area contributed by atoms with Crippen molar-refractivity contribution in [3.8, 4) is 34.8 Å². The van der Waals surface area contributed by atoms with E-state index < -0.39 is 11.9 Å². The number of hydrogen-bond donors (Lipinski definition) is 0. The van der Waals surface area contributed by atoms with Crippen molar-refractivity contribution in [1.29, 1.82) is 0 Å². The number of esters is 3. The number of unbranched alkanes of at least 4 members (excludes halogenated alkanes) is 8. The van der Waals surface area contributed by atoms with Crippen molar-refractivity contribution in [2.45, 2.75) is 84.5 Å². The Morgan fingerprint density at radius 1 is 0.532 bits per heavy atom. The first-order valence-electron chi connectivity index (χ1n) is 21.7. The van der Waals surface area contributed by atoms with Gasteiger partial charge >= 0.3 is 17.9 Å². The van der Waals surface area contributed by atoms with E-state index in [1.54, 1.807) is 24.3 Å². The predicted octanol–water partition coefficient (Wildman–Crippen LogP) is 11.8. The average molecular weight is 839 g/mol. The van der Waals surface area contributed by atoms with Crippen molar-refractivity contribution < 1.29 is 42.8 Å². The van der Waals surface area contributed by atoms with Crippen molar-refractivity contribution in [2.24, 2.45) is 0 Å². The lowest BCUT2D eigenvalue weighted by Crippen LogP contribution is -2.12. The highest BCUT2D eigenvalue weighted by Gasteiger charge is 2.18. The van der Waals surface area contributed by atoms with E-state index in [2.05, 4.69) is 49.6 Å². The standard InChI is InChI=1S/C53H58O9/c1-4-6-11-36-61-53(56)49-39-48(62-52(55)43-23-16-40(3)17-24-43)30-31-50(49)59-34-14-9-7-12-32-57-46-27-21-41(22-28-46)18-19-42-20-25-45-38-47(29-26-44(45)37-42)58-33-13-8-10-15-35-60-51(54)5-2/h5,16-17,20-31,37-39H,2,4,6-15,32-36H2,1,3H3. The van der Waals surface area contributed by atoms with E-state index in [1.165, 1.54) is 12.1 Å². The second-order valence-corrected chi connectivity index (χ2v) is 15.0. The monoisotopic (exact) mass is 838 g/mol. The van der Waals surface area contributed by atoms with Gasteiger partial charge in [-0.2, -0.15) is 0 Å². The Morgan fingerprint density at radius 2 is 1.10 bits per heavy atom. The Kier molecular flexibility index (Phi) is 19.5. The molecule has 0 saturated heterocycles. The summed E-state index contributed by atoms with van der Waals surface area (Å²) in [5, 5.41) is 2.20. The Hall–Kier alpha value is -6.53. The van der Waals surface area contributed by atoms with E-state index in [-0.39, 0.29) is 17.3 Å². The van der Waals surface area contributed by atoms with Crippen LogP contribution >= 0.6 is 0 Å². The number of carbonyl (C=O) groups excluding carboxylic acids is 3. The van der Waals surface area contributed by atoms with Crippen LogP contribution in [-0.2, 0) is 14.3 Å². The van der Waals surface area contributed by atoms with Gasteiger partial charge in [0.25, 0.3) is 0 Å². The fourth-order valence-corrected chi connectivity index (χ4v) is 6.39. The molecule has 0 spiro atoms. The van der Waals surface area contributed by atoms with Crippen LogP contribution in [-0.4, -0.2) is 50.9 Å². The van der Waals surface area contributed by atoms with Crippen LogP contribution in [0.5, 0.6) is 23.0 Å². The molecule has 0 aliphatic carbocycles. The lowest BCUT2D eigenvalue weighted by Gasteiger charge is -2.13. The summed E-state index contributed by atoms with van der Waals surface area (Å²) >= 11 is 0. The van der Waals surface area contributed by atoms with Crippen LogP contribution in [0.3, 0.4) is 0 Å². The molecule has 0 fully saturated rings. The van der Waals surface area contributed by atoms with Gasteiger partial charge in [-0.05, 0) is 154 Å². The van der Waals surface area contributed by atoms with E-state index in [9.17, 15) is 14.4 Å². The summed E-state index contributed by atoms with van der Waals surface area (Å²) in [6.45, 7) is 9.85. The SMILES string of the molecule is C=CC(=O)OCCCCCCOc1ccc2cc(C#Cc3ccc(OCCCCCCOc4ccc(OC(=O)c5ccc(C)cc5)cc4C(=O)OCCCCC)cc3)ccc2c1. The number of ether oxygens (including phenoxy) is 6. The third-order valence-electron chi connectivity index (χ3n) is 9.95. The van der Waals surface area contributed by atoms with E-state index >= 15 is 0 Å². The number of fused-ring (bicyclic) bond motifs is 1. The second-order valence-electron chi connectivity index (χ2n) is 15.0. The quantitative estimate of drug-likeness (QED) is 0.0187. The highest BCUT2D eigenvalue weighted by Crippen LogP contribution is 2.27. The van der Waals surface area contributed by atoms with Crippen LogP contribution in [0, 0.1) is 18.8 Å². The van der Waals surface area contributed by atoms with Crippen molar-refractivity contribution in [3.05, 3.63) is 144 Å². The summed E-state index contributed by atoms with van der Waals surface area (Å²) < 4.78 is 34.1. The largest absolute Gasteiger partial charge is 0.494 e. The topological polar surface area (TPSA) is 107 Å². The van der Waals surface area contributed by atoms with Gasteiger partial charge in [0.15, 0.2) is 0 Å². The summed E-state index contributed by atoms with van der Waals surface area (Å²) in [5.74, 6) is 7.45. The molecule has 5 aromatic rings. The summed E-state index contributed by atoms with van der Waals surface area (Å²) in [4.78, 5) is 36.9. The molecule has 0 aromatic heterocycles. The molecule has 9 heteroatoms. The van der Waals surface area contributed by atoms with Gasteiger partial charge in [-0.3, -0.25) is 0 Å². The Balaban J connectivity index is 0.992. The van der Waals surface area contributed by atoms with Gasteiger partial charge in [-0.1, -0.05) is 68.0 Å². The first kappa shape index (κ1) is 46.5. The Labute approximate surface area is 366 Å². The van der Waals surface area contributed by atoms with E-state index in [0.717, 1.165) is 110 Å². The van der Waals surface area contributed by atoms with Crippen molar-refractivity contribution >= 4 is 28.7 Å². The Bertz CT molecular complexity index is 2270. The van der Waals surface area contributed by atoms with E-state index in [4.69, 9.17) is 28.4 Å². The molecule has 0 radical (unpaired) electrons. The zero-order valence-corrected chi connectivity index (χ0v) is 36.1. The lowest BCUT2D eigenvalue weighted by atomic mass is 10.1. The van der Waals surface area contributed by atoms with Gasteiger partial charge in [-0.25, -0.2) is 14.4 Å². The smallest absolute Gasteiger partial charge is 0.343 e. The predicted molar refractivity (Wildman–Crippen MR) is 243 cm³/mol. The maximum Gasteiger partial charge on any atom is 0.343 e. The first-order chi connectivity index (χ1) is 30.3. The molecule has 0 heterocycles. The fraction of sp³-hybridized carbons (Fsp3) is 0.340. The first-order valence-corrected chi connectivity index (χ1v) is 21.7. The Morgan fingerprint density at radius 3 is 1.81 bits per heavy atom. The number of aryl methyl sites for hydroxylation is 1. The molecule has 5 rings (SSSR count). The number of hydrogen-bond acceptors (Lipinski definition) is 9. The molecule has 62 heavy (non-hydrogen) atoms. The van der Waals surface area contributed by atoms with Crippen LogP contribution in [0.2, 0.25) is 0 Å². The highest BCUT2D eigenvalue weighted by molar-refractivity contribution is 5.94. The van der Waals surface area contributed by atoms with Crippen LogP contribution in [0.1, 0.15) is 115 Å². The minimum Gasteiger partial charge on any atom is -0.494 e. The van der Waals surface area contributed by atoms with Crippen LogP contribution < -0.4 is 18.9 Å². The maximum absolute atomic E-state index is 13.0. The number of benzene rings is 5. The van der Waals surface area contributed by atoms with Gasteiger partial charge in [0, 0.05) is 17.2 Å². The molecule has 0 unspecified atom stereocenters. The molecule has 9 nitrogen and oxygen atoms in total. The van der Waals surface area contributed by atoms with Crippen LogP contribution in [0.25, 0.3) is 10.8 Å². The molecule has 0 aliphatic rings.